The Kier molecular flexibility index (Phi) is 3.56. The summed E-state index contributed by atoms with van der Waals surface area (Å²) < 4.78 is 27.7. The van der Waals surface area contributed by atoms with Gasteiger partial charge in [0.2, 0.25) is 11.6 Å². The summed E-state index contributed by atoms with van der Waals surface area (Å²) in [4.78, 5) is 29.4. The van der Waals surface area contributed by atoms with E-state index in [4.69, 9.17) is 0 Å². The molecule has 0 radical (unpaired) electrons. The second kappa shape index (κ2) is 5.92. The Hall–Kier alpha value is -3.65. The predicted octanol–water partition coefficient (Wildman–Crippen LogP) is 3.02. The summed E-state index contributed by atoms with van der Waals surface area (Å²) in [6.45, 7) is 1.47. The van der Waals surface area contributed by atoms with E-state index in [1.807, 2.05) is 0 Å². The van der Waals surface area contributed by atoms with Crippen molar-refractivity contribution in [3.63, 3.8) is 0 Å². The highest BCUT2D eigenvalue weighted by Crippen LogP contribution is 2.35. The minimum Gasteiger partial charge on any atom is -0.285 e. The zero-order valence-corrected chi connectivity index (χ0v) is 16.0. The number of aromatic nitrogens is 3. The van der Waals surface area contributed by atoms with Gasteiger partial charge in [-0.1, -0.05) is 42.5 Å². The SMILES string of the molecule is Cc1c2c(nn1S(=O)(=O)c1cccc3cccnc13)-c1ccccc1C(=O)C2=O. The Morgan fingerprint density at radius 1 is 0.862 bits per heavy atom. The monoisotopic (exact) mass is 403 g/mol. The van der Waals surface area contributed by atoms with Crippen LogP contribution < -0.4 is 0 Å². The molecule has 0 saturated heterocycles. The Morgan fingerprint density at radius 2 is 1.59 bits per heavy atom. The topological polar surface area (TPSA) is 99.0 Å². The predicted molar refractivity (Wildman–Crippen MR) is 105 cm³/mol. The molecule has 1 aliphatic carbocycles. The van der Waals surface area contributed by atoms with Crippen LogP contribution in [0.5, 0.6) is 0 Å². The second-order valence-corrected chi connectivity index (χ2v) is 8.43. The normalized spacial score (nSPS) is 13.4. The molecule has 0 saturated carbocycles. The third-order valence-corrected chi connectivity index (χ3v) is 6.73. The van der Waals surface area contributed by atoms with E-state index in [1.54, 1.807) is 42.5 Å². The molecule has 142 valence electrons. The van der Waals surface area contributed by atoms with Crippen molar-refractivity contribution < 1.29 is 18.0 Å². The van der Waals surface area contributed by atoms with E-state index in [1.165, 1.54) is 25.3 Å². The first-order chi connectivity index (χ1) is 13.9. The number of pyridine rings is 1. The average Bonchev–Trinajstić information content (AvgIpc) is 3.10. The molecule has 0 spiro atoms. The fraction of sp³-hybridized carbons (Fsp3) is 0.0476. The molecule has 0 N–H and O–H groups in total. The lowest BCUT2D eigenvalue weighted by atomic mass is 9.87. The molecule has 2 aromatic heterocycles. The van der Waals surface area contributed by atoms with Crippen LogP contribution >= 0.6 is 0 Å². The highest BCUT2D eigenvalue weighted by atomic mass is 32.2. The van der Waals surface area contributed by atoms with Gasteiger partial charge in [-0.25, -0.2) is 0 Å². The molecule has 0 atom stereocenters. The van der Waals surface area contributed by atoms with Crippen LogP contribution in [0, 0.1) is 6.92 Å². The van der Waals surface area contributed by atoms with Crippen LogP contribution in [0.25, 0.3) is 22.2 Å². The Bertz CT molecular complexity index is 1460. The molecule has 0 unspecified atom stereocenters. The third kappa shape index (κ3) is 2.32. The zero-order chi connectivity index (χ0) is 20.3. The fourth-order valence-corrected chi connectivity index (χ4v) is 5.17. The molecule has 8 heteroatoms. The number of para-hydroxylation sites is 1. The highest BCUT2D eigenvalue weighted by Gasteiger charge is 2.37. The Morgan fingerprint density at radius 3 is 2.38 bits per heavy atom. The number of ketones is 2. The van der Waals surface area contributed by atoms with Gasteiger partial charge in [0.05, 0.1) is 16.8 Å². The first-order valence-corrected chi connectivity index (χ1v) is 10.2. The molecule has 29 heavy (non-hydrogen) atoms. The number of hydrogen-bond acceptors (Lipinski definition) is 6. The third-order valence-electron chi connectivity index (χ3n) is 5.04. The highest BCUT2D eigenvalue weighted by molar-refractivity contribution is 7.90. The van der Waals surface area contributed by atoms with Gasteiger partial charge >= 0.3 is 0 Å². The van der Waals surface area contributed by atoms with Gasteiger partial charge in [0, 0.05) is 22.7 Å². The minimum absolute atomic E-state index is 0.0190. The average molecular weight is 403 g/mol. The quantitative estimate of drug-likeness (QED) is 0.477. The number of carbonyl (C=O) groups is 2. The standard InChI is InChI=1S/C21H13N3O4S/c1-12-17-19(14-8-2-3-9-15(14)20(25)21(17)26)23-24(12)29(27,28)16-10-4-6-13-7-5-11-22-18(13)16/h2-11H,1H3. The van der Waals surface area contributed by atoms with Crippen LogP contribution in [0.3, 0.4) is 0 Å². The summed E-state index contributed by atoms with van der Waals surface area (Å²) in [5.41, 5.74) is 1.29. The number of nitrogens with zero attached hydrogens (tertiary/aromatic N) is 3. The number of fused-ring (bicyclic) bond motifs is 4. The van der Waals surface area contributed by atoms with Crippen molar-refractivity contribution >= 4 is 32.5 Å². The van der Waals surface area contributed by atoms with Crippen molar-refractivity contribution in [2.24, 2.45) is 0 Å². The molecule has 0 bridgehead atoms. The van der Waals surface area contributed by atoms with Gasteiger partial charge in [-0.2, -0.15) is 17.6 Å². The fourth-order valence-electron chi connectivity index (χ4n) is 3.68. The molecule has 2 heterocycles. The van der Waals surface area contributed by atoms with Crippen molar-refractivity contribution in [1.82, 2.24) is 14.2 Å². The molecule has 4 aromatic rings. The van der Waals surface area contributed by atoms with Crippen molar-refractivity contribution in [1.29, 1.82) is 0 Å². The van der Waals surface area contributed by atoms with Crippen LogP contribution in [0.2, 0.25) is 0 Å². The van der Waals surface area contributed by atoms with Gasteiger partial charge in [-0.05, 0) is 19.1 Å². The molecule has 0 amide bonds. The van der Waals surface area contributed by atoms with E-state index < -0.39 is 21.6 Å². The van der Waals surface area contributed by atoms with Gasteiger partial charge < -0.3 is 0 Å². The van der Waals surface area contributed by atoms with Gasteiger partial charge in [0.1, 0.15) is 10.6 Å². The summed E-state index contributed by atoms with van der Waals surface area (Å²) >= 11 is 0. The summed E-state index contributed by atoms with van der Waals surface area (Å²) in [5.74, 6) is -1.42. The number of benzene rings is 2. The van der Waals surface area contributed by atoms with E-state index >= 15 is 0 Å². The molecule has 2 aromatic carbocycles. The summed E-state index contributed by atoms with van der Waals surface area (Å²) in [6.07, 6.45) is 1.51. The number of hydrogen-bond donors (Lipinski definition) is 0. The Balaban J connectivity index is 1.81. The van der Waals surface area contributed by atoms with E-state index in [9.17, 15) is 18.0 Å². The maximum absolute atomic E-state index is 13.5. The molecule has 1 aliphatic rings. The summed E-state index contributed by atoms with van der Waals surface area (Å²) in [7, 11) is -4.15. The minimum atomic E-state index is -4.15. The number of rotatable bonds is 2. The molecule has 7 nitrogen and oxygen atoms in total. The van der Waals surface area contributed by atoms with E-state index in [0.717, 1.165) is 4.09 Å². The lowest BCUT2D eigenvalue weighted by Crippen LogP contribution is -2.21. The van der Waals surface area contributed by atoms with Crippen molar-refractivity contribution in [3.05, 3.63) is 77.6 Å². The number of carbonyl (C=O) groups excluding carboxylic acids is 2. The summed E-state index contributed by atoms with van der Waals surface area (Å²) in [6, 6.07) is 14.9. The van der Waals surface area contributed by atoms with Gasteiger partial charge in [0.15, 0.2) is 0 Å². The smallest absolute Gasteiger partial charge is 0.285 e. The molecule has 0 fully saturated rings. The summed E-state index contributed by atoms with van der Waals surface area (Å²) in [5, 5.41) is 4.93. The first kappa shape index (κ1) is 17.4. The van der Waals surface area contributed by atoms with Crippen LogP contribution in [-0.2, 0) is 10.0 Å². The van der Waals surface area contributed by atoms with Gasteiger partial charge in [-0.3, -0.25) is 14.6 Å². The lowest BCUT2D eigenvalue weighted by Gasteiger charge is -2.12. The van der Waals surface area contributed by atoms with Crippen LogP contribution in [0.15, 0.2) is 65.7 Å². The first-order valence-electron chi connectivity index (χ1n) is 8.78. The molecule has 5 rings (SSSR count). The van der Waals surface area contributed by atoms with Crippen LogP contribution in [0.4, 0.5) is 0 Å². The Labute approximate surface area is 165 Å². The molecule has 0 aliphatic heterocycles. The van der Waals surface area contributed by atoms with Crippen molar-refractivity contribution in [3.8, 4) is 11.3 Å². The van der Waals surface area contributed by atoms with Crippen LogP contribution in [0.1, 0.15) is 26.4 Å². The van der Waals surface area contributed by atoms with Crippen LogP contribution in [-0.4, -0.2) is 34.2 Å². The lowest BCUT2D eigenvalue weighted by molar-refractivity contribution is 0.0815. The molecular formula is C21H13N3O4S. The number of Topliss-reactive ketones (excluding diaryl/α,β-unsaturated/α-hetero) is 2. The van der Waals surface area contributed by atoms with E-state index in [0.29, 0.717) is 16.5 Å². The maximum atomic E-state index is 13.5. The van der Waals surface area contributed by atoms with E-state index in [-0.39, 0.29) is 27.4 Å². The molecular weight excluding hydrogens is 390 g/mol. The van der Waals surface area contributed by atoms with Crippen molar-refractivity contribution in [2.45, 2.75) is 11.8 Å². The maximum Gasteiger partial charge on any atom is 0.285 e. The van der Waals surface area contributed by atoms with Gasteiger partial charge in [0.25, 0.3) is 10.0 Å². The van der Waals surface area contributed by atoms with E-state index in [2.05, 4.69) is 10.1 Å². The van der Waals surface area contributed by atoms with Gasteiger partial charge in [-0.15, -0.1) is 0 Å². The largest absolute Gasteiger partial charge is 0.285 e. The second-order valence-electron chi connectivity index (χ2n) is 6.69. The zero-order valence-electron chi connectivity index (χ0n) is 15.2. The van der Waals surface area contributed by atoms with Crippen molar-refractivity contribution in [2.75, 3.05) is 0 Å².